The topological polar surface area (TPSA) is 96.5 Å². The molecule has 1 aromatic carbocycles. The van der Waals surface area contributed by atoms with Crippen LogP contribution >= 0.6 is 11.6 Å². The van der Waals surface area contributed by atoms with E-state index in [1.165, 1.54) is 16.6 Å². The number of nitrogens with one attached hydrogen (secondary N) is 1. The van der Waals surface area contributed by atoms with Crippen LogP contribution < -0.4 is 0 Å². The van der Waals surface area contributed by atoms with Gasteiger partial charge >= 0.3 is 0 Å². The van der Waals surface area contributed by atoms with E-state index < -0.39 is 39.5 Å². The molecule has 6 aliphatic rings. The van der Waals surface area contributed by atoms with Gasteiger partial charge in [0.1, 0.15) is 23.9 Å². The van der Waals surface area contributed by atoms with Crippen molar-refractivity contribution >= 4 is 22.5 Å². The van der Waals surface area contributed by atoms with Gasteiger partial charge in [0.2, 0.25) is 0 Å². The van der Waals surface area contributed by atoms with Crippen molar-refractivity contribution in [1.82, 2.24) is 4.98 Å². The maximum Gasteiger partial charge on any atom is 0.178 e. The molecule has 5 fully saturated rings. The van der Waals surface area contributed by atoms with Crippen molar-refractivity contribution in [3.8, 4) is 0 Å². The van der Waals surface area contributed by atoms with E-state index >= 15 is 0 Å². The predicted molar refractivity (Wildman–Crippen MR) is 174 cm³/mol. The fourth-order valence-electron chi connectivity index (χ4n) is 10.8. The number of allylic oxidation sites excluding steroid dienone is 1. The number of aliphatic hydroxyl groups is 2. The molecule has 2 aromatic rings. The standard InChI is InChI=1S/C37H50ClNO6/c1-19(2)16-26-43-28-30(33(5,6)44-26)42-25-13-14-34(7)35(8)21(12-15-36(34,41)37(25)31(28)45-37)18-22-27-20(17-24(40)32(3,4)38)10-9-11-23(27)39-29(22)35/h9-11,16,21,24-26,28,30-31,39-41H,12-15,17-18H2,1-8H3. The number of hydrogen-bond donors (Lipinski definition) is 3. The van der Waals surface area contributed by atoms with Gasteiger partial charge in [-0.3, -0.25) is 0 Å². The molecule has 246 valence electrons. The summed E-state index contributed by atoms with van der Waals surface area (Å²) in [7, 11) is 0. The molecule has 11 atom stereocenters. The first-order valence-corrected chi connectivity index (χ1v) is 17.4. The predicted octanol–water partition coefficient (Wildman–Crippen LogP) is 6.24. The largest absolute Gasteiger partial charge is 0.391 e. The summed E-state index contributed by atoms with van der Waals surface area (Å²) in [6.07, 6.45) is 4.47. The third kappa shape index (κ3) is 3.81. The van der Waals surface area contributed by atoms with Gasteiger partial charge in [-0.1, -0.05) is 31.6 Å². The van der Waals surface area contributed by atoms with Crippen LogP contribution in [0.3, 0.4) is 0 Å². The molecular formula is C37H50ClNO6. The van der Waals surface area contributed by atoms with Crippen LogP contribution in [0, 0.1) is 11.3 Å². The number of H-pyrrole nitrogens is 1. The lowest BCUT2D eigenvalue weighted by Crippen LogP contribution is -2.77. The van der Waals surface area contributed by atoms with Gasteiger partial charge in [-0.2, -0.15) is 0 Å². The Hall–Kier alpha value is -1.45. The Labute approximate surface area is 272 Å². The number of benzene rings is 1. The molecule has 11 unspecified atom stereocenters. The zero-order valence-electron chi connectivity index (χ0n) is 28.0. The second-order valence-electron chi connectivity index (χ2n) is 16.8. The van der Waals surface area contributed by atoms with Crippen LogP contribution in [0.15, 0.2) is 29.8 Å². The molecule has 8 rings (SSSR count). The Morgan fingerprint density at radius 3 is 2.56 bits per heavy atom. The molecule has 3 saturated heterocycles. The van der Waals surface area contributed by atoms with E-state index in [4.69, 9.17) is 30.5 Å². The average molecular weight is 640 g/mol. The summed E-state index contributed by atoms with van der Waals surface area (Å²) in [4.78, 5) is 3.15. The maximum absolute atomic E-state index is 13.3. The highest BCUT2D eigenvalue weighted by atomic mass is 35.5. The Balaban J connectivity index is 1.19. The molecule has 7 nitrogen and oxygen atoms in total. The number of rotatable bonds is 4. The van der Waals surface area contributed by atoms with Gasteiger partial charge in [0.25, 0.3) is 0 Å². The summed E-state index contributed by atoms with van der Waals surface area (Å²) in [6.45, 7) is 16.7. The number of hydrogen-bond acceptors (Lipinski definition) is 6. The van der Waals surface area contributed by atoms with Crippen LogP contribution in [0.25, 0.3) is 10.9 Å². The van der Waals surface area contributed by atoms with E-state index in [0.717, 1.165) is 42.3 Å². The number of halogens is 1. The molecule has 4 heterocycles. The zero-order valence-corrected chi connectivity index (χ0v) is 28.8. The summed E-state index contributed by atoms with van der Waals surface area (Å²) in [5.74, 6) is 0.388. The van der Waals surface area contributed by atoms with Gasteiger partial charge in [-0.15, -0.1) is 11.6 Å². The van der Waals surface area contributed by atoms with Crippen molar-refractivity contribution in [2.75, 3.05) is 0 Å². The van der Waals surface area contributed by atoms with Crippen molar-refractivity contribution in [2.24, 2.45) is 11.3 Å². The second kappa shape index (κ2) is 9.37. The first-order chi connectivity index (χ1) is 21.0. The van der Waals surface area contributed by atoms with E-state index in [0.29, 0.717) is 18.8 Å². The van der Waals surface area contributed by atoms with Gasteiger partial charge in [-0.25, -0.2) is 0 Å². The summed E-state index contributed by atoms with van der Waals surface area (Å²) < 4.78 is 26.7. The third-order valence-corrected chi connectivity index (χ3v) is 13.7. The van der Waals surface area contributed by atoms with Gasteiger partial charge in [0, 0.05) is 33.8 Å². The third-order valence-electron chi connectivity index (χ3n) is 13.4. The lowest BCUT2D eigenvalue weighted by atomic mass is 9.40. The number of alkyl halides is 1. The van der Waals surface area contributed by atoms with Crippen LogP contribution in [-0.4, -0.2) is 73.7 Å². The van der Waals surface area contributed by atoms with Crippen LogP contribution in [0.5, 0.6) is 0 Å². The number of fused-ring (bicyclic) bond motifs is 9. The summed E-state index contributed by atoms with van der Waals surface area (Å²) in [6, 6.07) is 6.34. The lowest BCUT2D eigenvalue weighted by molar-refractivity contribution is -0.343. The quantitative estimate of drug-likeness (QED) is 0.208. The SMILES string of the molecule is CC(C)=CC1OC2C(OC3CCC4(C)C5(C)c6[nH]c7cccc(CC(O)C(C)(C)Cl)c7c6CC5CCC4(O)C34OC24)C(C)(C)O1. The Bertz CT molecular complexity index is 1590. The number of aliphatic hydroxyl groups excluding tert-OH is 1. The maximum atomic E-state index is 13.3. The molecule has 3 aliphatic carbocycles. The minimum absolute atomic E-state index is 0.218. The van der Waals surface area contributed by atoms with Crippen molar-refractivity contribution in [2.45, 2.75) is 158 Å². The highest BCUT2D eigenvalue weighted by Crippen LogP contribution is 2.75. The van der Waals surface area contributed by atoms with Crippen LogP contribution in [0.4, 0.5) is 0 Å². The highest BCUT2D eigenvalue weighted by Gasteiger charge is 2.87. The Morgan fingerprint density at radius 2 is 1.84 bits per heavy atom. The fraction of sp³-hybridized carbons (Fsp3) is 0.730. The molecule has 2 saturated carbocycles. The van der Waals surface area contributed by atoms with Crippen molar-refractivity contribution in [1.29, 1.82) is 0 Å². The van der Waals surface area contributed by atoms with E-state index in [1.807, 2.05) is 33.8 Å². The molecule has 0 radical (unpaired) electrons. The van der Waals surface area contributed by atoms with Gasteiger partial charge in [-0.05, 0) is 103 Å². The summed E-state index contributed by atoms with van der Waals surface area (Å²) in [5, 5.41) is 25.5. The monoisotopic (exact) mass is 639 g/mol. The highest BCUT2D eigenvalue weighted by molar-refractivity contribution is 6.23. The smallest absolute Gasteiger partial charge is 0.178 e. The van der Waals surface area contributed by atoms with Gasteiger partial charge in [0.05, 0.1) is 22.7 Å². The van der Waals surface area contributed by atoms with E-state index in [9.17, 15) is 10.2 Å². The molecule has 1 spiro atoms. The first kappa shape index (κ1) is 30.9. The molecule has 0 amide bonds. The molecule has 3 aliphatic heterocycles. The second-order valence-corrected chi connectivity index (χ2v) is 17.8. The van der Waals surface area contributed by atoms with Crippen LogP contribution in [0.1, 0.15) is 97.9 Å². The van der Waals surface area contributed by atoms with E-state index in [-0.39, 0.29) is 29.8 Å². The minimum atomic E-state index is -1.10. The fourth-order valence-corrected chi connectivity index (χ4v) is 10.9. The van der Waals surface area contributed by atoms with Crippen LogP contribution in [0.2, 0.25) is 0 Å². The van der Waals surface area contributed by atoms with E-state index in [2.05, 4.69) is 50.9 Å². The molecule has 3 N–H and O–H groups in total. The number of aromatic nitrogens is 1. The van der Waals surface area contributed by atoms with E-state index in [1.54, 1.807) is 0 Å². The molecular weight excluding hydrogens is 590 g/mol. The van der Waals surface area contributed by atoms with Crippen LogP contribution in [-0.2, 0) is 37.2 Å². The van der Waals surface area contributed by atoms with Crippen molar-refractivity contribution in [3.63, 3.8) is 0 Å². The molecule has 45 heavy (non-hydrogen) atoms. The Kier molecular flexibility index (Phi) is 6.42. The average Bonchev–Trinajstić information content (AvgIpc) is 3.51. The number of aromatic amines is 1. The molecule has 8 heteroatoms. The molecule has 0 bridgehead atoms. The number of epoxide rings is 1. The zero-order chi connectivity index (χ0) is 32.1. The molecule has 1 aromatic heterocycles. The van der Waals surface area contributed by atoms with Crippen molar-refractivity contribution in [3.05, 3.63) is 46.7 Å². The van der Waals surface area contributed by atoms with Gasteiger partial charge in [0.15, 0.2) is 11.9 Å². The summed E-state index contributed by atoms with van der Waals surface area (Å²) >= 11 is 6.54. The minimum Gasteiger partial charge on any atom is -0.391 e. The summed E-state index contributed by atoms with van der Waals surface area (Å²) in [5.41, 5.74) is 2.69. The normalized spacial score (nSPS) is 45.0. The first-order valence-electron chi connectivity index (χ1n) is 17.0. The Morgan fingerprint density at radius 1 is 1.09 bits per heavy atom. The van der Waals surface area contributed by atoms with Gasteiger partial charge < -0.3 is 34.1 Å². The number of ether oxygens (including phenoxy) is 4. The lowest BCUT2D eigenvalue weighted by Gasteiger charge is -2.66. The van der Waals surface area contributed by atoms with Crippen molar-refractivity contribution < 1.29 is 29.2 Å².